The molecule has 1 aromatic rings. The Morgan fingerprint density at radius 1 is 1.17 bits per heavy atom. The van der Waals surface area contributed by atoms with Crippen molar-refractivity contribution in [3.63, 3.8) is 0 Å². The summed E-state index contributed by atoms with van der Waals surface area (Å²) in [5.41, 5.74) is 0.496. The average Bonchev–Trinajstić information content (AvgIpc) is 2.47. The summed E-state index contributed by atoms with van der Waals surface area (Å²) in [6.45, 7) is 9.73. The molecule has 0 aliphatic carbocycles. The van der Waals surface area contributed by atoms with E-state index in [2.05, 4.69) is 9.97 Å². The van der Waals surface area contributed by atoms with Crippen LogP contribution >= 0.6 is 0 Å². The molecule has 0 saturated carbocycles. The maximum Gasteiger partial charge on any atom is 0.514 e. The van der Waals surface area contributed by atoms with Crippen LogP contribution in [0.1, 0.15) is 39.2 Å². The first kappa shape index (κ1) is 13.0. The molecule has 94 valence electrons. The first-order valence-corrected chi connectivity index (χ1v) is 5.86. The average molecular weight is 245 g/mol. The molecule has 0 unspecified atom stereocenters. The Kier molecular flexibility index (Phi) is 2.92. The third-order valence-corrected chi connectivity index (χ3v) is 3.47. The smallest absolute Gasteiger partial charge is 0.398 e. The van der Waals surface area contributed by atoms with Crippen molar-refractivity contribution in [3.05, 3.63) is 17.6 Å². The van der Waals surface area contributed by atoms with Gasteiger partial charge in [-0.3, -0.25) is 0 Å². The maximum absolute atomic E-state index is 8.88. The number of rotatable bonds is 1. The van der Waals surface area contributed by atoms with Gasteiger partial charge < -0.3 is 9.31 Å². The lowest BCUT2D eigenvalue weighted by molar-refractivity contribution is 0.00578. The van der Waals surface area contributed by atoms with Gasteiger partial charge in [0.2, 0.25) is 5.82 Å². The highest BCUT2D eigenvalue weighted by Crippen LogP contribution is 2.36. The Morgan fingerprint density at radius 3 is 2.22 bits per heavy atom. The number of nitriles is 1. The molecule has 0 amide bonds. The number of hydrogen-bond donors (Lipinski definition) is 0. The monoisotopic (exact) mass is 245 g/mol. The van der Waals surface area contributed by atoms with Gasteiger partial charge in [-0.05, 0) is 40.7 Å². The van der Waals surface area contributed by atoms with Crippen molar-refractivity contribution in [3.8, 4) is 6.07 Å². The van der Waals surface area contributed by atoms with Crippen LogP contribution in [0.3, 0.4) is 0 Å². The van der Waals surface area contributed by atoms with Gasteiger partial charge in [0.15, 0.2) is 0 Å². The zero-order valence-corrected chi connectivity index (χ0v) is 11.3. The summed E-state index contributed by atoms with van der Waals surface area (Å²) in [4.78, 5) is 8.16. The topological polar surface area (TPSA) is 68.0 Å². The molecule has 0 N–H and O–H groups in total. The molecule has 2 heterocycles. The molecule has 0 atom stereocenters. The fourth-order valence-electron chi connectivity index (χ4n) is 1.73. The molecule has 1 fully saturated rings. The van der Waals surface area contributed by atoms with E-state index in [4.69, 9.17) is 14.6 Å². The van der Waals surface area contributed by atoms with Crippen LogP contribution in [0.15, 0.2) is 6.07 Å². The van der Waals surface area contributed by atoms with Gasteiger partial charge in [0.25, 0.3) is 0 Å². The molecule has 18 heavy (non-hydrogen) atoms. The van der Waals surface area contributed by atoms with Gasteiger partial charge in [-0.1, -0.05) is 0 Å². The molecule has 0 spiro atoms. The molecule has 0 bridgehead atoms. The number of aromatic nitrogens is 2. The number of nitrogens with zero attached hydrogens (tertiary/aromatic N) is 3. The number of aryl methyl sites for hydroxylation is 1. The van der Waals surface area contributed by atoms with Crippen LogP contribution in [0.2, 0.25) is 0 Å². The van der Waals surface area contributed by atoms with Gasteiger partial charge in [-0.15, -0.1) is 0 Å². The SMILES string of the molecule is Cc1cc(B2OC(C)(C)C(C)(C)O2)nc(C#N)n1. The Hall–Kier alpha value is -1.45. The van der Waals surface area contributed by atoms with E-state index in [1.165, 1.54) is 0 Å². The molecule has 2 rings (SSSR count). The summed E-state index contributed by atoms with van der Waals surface area (Å²) in [6, 6.07) is 3.72. The van der Waals surface area contributed by atoms with Crippen molar-refractivity contribution in [2.24, 2.45) is 0 Å². The Balaban J connectivity index is 2.36. The van der Waals surface area contributed by atoms with Gasteiger partial charge in [-0.2, -0.15) is 5.26 Å². The van der Waals surface area contributed by atoms with Gasteiger partial charge in [-0.25, -0.2) is 9.97 Å². The largest absolute Gasteiger partial charge is 0.514 e. The fraction of sp³-hybridized carbons (Fsp3) is 0.583. The van der Waals surface area contributed by atoms with E-state index in [-0.39, 0.29) is 5.82 Å². The second kappa shape index (κ2) is 4.04. The van der Waals surface area contributed by atoms with E-state index in [1.54, 1.807) is 6.07 Å². The Bertz CT molecular complexity index is 507. The molecule has 1 aliphatic heterocycles. The number of hydrogen-bond acceptors (Lipinski definition) is 5. The van der Waals surface area contributed by atoms with Crippen LogP contribution in [0, 0.1) is 18.3 Å². The van der Waals surface area contributed by atoms with Crippen LogP contribution in [-0.4, -0.2) is 28.3 Å². The lowest BCUT2D eigenvalue weighted by Crippen LogP contribution is -2.41. The Labute approximate surface area is 107 Å². The first-order chi connectivity index (χ1) is 8.25. The molecule has 6 heteroatoms. The van der Waals surface area contributed by atoms with Crippen LogP contribution in [-0.2, 0) is 9.31 Å². The lowest BCUT2D eigenvalue weighted by Gasteiger charge is -2.32. The first-order valence-electron chi connectivity index (χ1n) is 5.86. The van der Waals surface area contributed by atoms with E-state index in [9.17, 15) is 0 Å². The predicted molar refractivity (Wildman–Crippen MR) is 67.2 cm³/mol. The quantitative estimate of drug-likeness (QED) is 0.689. The zero-order chi connectivity index (χ0) is 13.6. The van der Waals surface area contributed by atoms with E-state index < -0.39 is 18.3 Å². The van der Waals surface area contributed by atoms with Crippen molar-refractivity contribution in [2.75, 3.05) is 0 Å². The second-order valence-corrected chi connectivity index (χ2v) is 5.46. The second-order valence-electron chi connectivity index (χ2n) is 5.46. The summed E-state index contributed by atoms with van der Waals surface area (Å²) < 4.78 is 11.8. The van der Waals surface area contributed by atoms with Crippen molar-refractivity contribution < 1.29 is 9.31 Å². The van der Waals surface area contributed by atoms with E-state index in [1.807, 2.05) is 40.7 Å². The molecule has 1 saturated heterocycles. The third kappa shape index (κ3) is 2.12. The highest BCUT2D eigenvalue weighted by Gasteiger charge is 2.52. The van der Waals surface area contributed by atoms with Crippen LogP contribution in [0.4, 0.5) is 0 Å². The van der Waals surface area contributed by atoms with E-state index in [0.717, 1.165) is 5.69 Å². The molecule has 1 aromatic heterocycles. The molecular weight excluding hydrogens is 229 g/mol. The summed E-state index contributed by atoms with van der Waals surface area (Å²) in [5.74, 6) is 0.139. The fourth-order valence-corrected chi connectivity index (χ4v) is 1.73. The summed E-state index contributed by atoms with van der Waals surface area (Å²) in [6.07, 6.45) is 0. The van der Waals surface area contributed by atoms with E-state index in [0.29, 0.717) is 5.59 Å². The maximum atomic E-state index is 8.88. The highest BCUT2D eigenvalue weighted by molar-refractivity contribution is 6.61. The third-order valence-electron chi connectivity index (χ3n) is 3.47. The Morgan fingerprint density at radius 2 is 1.72 bits per heavy atom. The summed E-state index contributed by atoms with van der Waals surface area (Å²) in [5, 5.41) is 8.88. The summed E-state index contributed by atoms with van der Waals surface area (Å²) >= 11 is 0. The van der Waals surface area contributed by atoms with Crippen molar-refractivity contribution in [1.82, 2.24) is 9.97 Å². The van der Waals surface area contributed by atoms with Gasteiger partial charge >= 0.3 is 7.12 Å². The summed E-state index contributed by atoms with van der Waals surface area (Å²) in [7, 11) is -0.552. The minimum Gasteiger partial charge on any atom is -0.398 e. The molecule has 0 radical (unpaired) electrons. The van der Waals surface area contributed by atoms with Gasteiger partial charge in [0, 0.05) is 5.69 Å². The standard InChI is InChI=1S/C12H16BN3O2/c1-8-6-9(16-10(7-14)15-8)13-17-11(2,3)12(4,5)18-13/h6H,1-5H3. The molecule has 5 nitrogen and oxygen atoms in total. The lowest BCUT2D eigenvalue weighted by atomic mass is 9.84. The van der Waals surface area contributed by atoms with Gasteiger partial charge in [0.05, 0.1) is 16.8 Å². The molecular formula is C12H16BN3O2. The zero-order valence-electron chi connectivity index (χ0n) is 11.3. The van der Waals surface area contributed by atoms with Crippen LogP contribution in [0.5, 0.6) is 0 Å². The minimum atomic E-state index is -0.552. The normalized spacial score (nSPS) is 20.8. The molecule has 0 aromatic carbocycles. The van der Waals surface area contributed by atoms with Crippen LogP contribution in [0.25, 0.3) is 0 Å². The predicted octanol–water partition coefficient (Wildman–Crippen LogP) is 0.956. The van der Waals surface area contributed by atoms with Crippen molar-refractivity contribution in [2.45, 2.75) is 45.8 Å². The highest BCUT2D eigenvalue weighted by atomic mass is 16.7. The van der Waals surface area contributed by atoms with Crippen LogP contribution < -0.4 is 5.59 Å². The van der Waals surface area contributed by atoms with E-state index >= 15 is 0 Å². The van der Waals surface area contributed by atoms with Gasteiger partial charge in [0.1, 0.15) is 6.07 Å². The van der Waals surface area contributed by atoms with Crippen molar-refractivity contribution >= 4 is 12.7 Å². The minimum absolute atomic E-state index is 0.139. The van der Waals surface area contributed by atoms with Crippen molar-refractivity contribution in [1.29, 1.82) is 5.26 Å². The molecule has 1 aliphatic rings.